The maximum Gasteiger partial charge on any atom is 0.324 e. The van der Waals surface area contributed by atoms with E-state index in [0.717, 1.165) is 36.8 Å². The van der Waals surface area contributed by atoms with Gasteiger partial charge in [0.25, 0.3) is 0 Å². The average molecular weight is 257 g/mol. The highest BCUT2D eigenvalue weighted by Gasteiger charge is 2.28. The molecule has 1 aliphatic carbocycles. The van der Waals surface area contributed by atoms with Crippen molar-refractivity contribution in [3.63, 3.8) is 0 Å². The fraction of sp³-hybridized carbons (Fsp3) is 0.923. The minimum atomic E-state index is -0.0734. The van der Waals surface area contributed by atoms with Crippen LogP contribution in [0, 0.1) is 5.92 Å². The molecule has 0 radical (unpaired) electrons. The Balaban J connectivity index is 1.77. The van der Waals surface area contributed by atoms with Crippen LogP contribution < -0.4 is 5.32 Å². The molecule has 1 aliphatic heterocycles. The molecule has 0 amide bonds. The Hall–Kier alpha value is -0.220. The lowest BCUT2D eigenvalue weighted by Gasteiger charge is -2.30. The largest absolute Gasteiger partial charge is 0.461 e. The Kier molecular flexibility index (Phi) is 5.16. The highest BCUT2D eigenvalue weighted by molar-refractivity contribution is 7.99. The molecule has 2 aliphatic rings. The Bertz CT molecular complexity index is 254. The van der Waals surface area contributed by atoms with E-state index in [9.17, 15) is 4.79 Å². The summed E-state index contributed by atoms with van der Waals surface area (Å²) in [6.45, 7) is 3.15. The highest BCUT2D eigenvalue weighted by Crippen LogP contribution is 2.28. The lowest BCUT2D eigenvalue weighted by atomic mass is 9.85. The number of carbonyl (C=O) groups is 1. The number of esters is 1. The van der Waals surface area contributed by atoms with Gasteiger partial charge in [0.2, 0.25) is 0 Å². The number of thioether (sulfide) groups is 1. The molecule has 1 saturated carbocycles. The standard InChI is InChI=1S/C13H23NO2S/c1-2-10-4-3-5-11(8-10)16-13(15)12-9-17-7-6-14-12/h10-12,14H,2-9H2,1H3. The van der Waals surface area contributed by atoms with Gasteiger partial charge in [-0.05, 0) is 25.2 Å². The second-order valence-electron chi connectivity index (χ2n) is 5.08. The third-order valence-electron chi connectivity index (χ3n) is 3.80. The van der Waals surface area contributed by atoms with Gasteiger partial charge in [-0.2, -0.15) is 11.8 Å². The molecule has 0 spiro atoms. The van der Waals surface area contributed by atoms with Crippen molar-refractivity contribution < 1.29 is 9.53 Å². The van der Waals surface area contributed by atoms with Crippen molar-refractivity contribution in [3.8, 4) is 0 Å². The molecule has 1 heterocycles. The summed E-state index contributed by atoms with van der Waals surface area (Å²) in [6, 6.07) is -0.0734. The molecular formula is C13H23NO2S. The molecule has 0 aromatic carbocycles. The molecule has 3 nitrogen and oxygen atoms in total. The molecule has 1 saturated heterocycles. The fourth-order valence-electron chi connectivity index (χ4n) is 2.68. The maximum absolute atomic E-state index is 12.0. The number of ether oxygens (including phenoxy) is 1. The number of carbonyl (C=O) groups excluding carboxylic acids is 1. The molecule has 0 aromatic heterocycles. The van der Waals surface area contributed by atoms with Crippen molar-refractivity contribution in [2.75, 3.05) is 18.1 Å². The summed E-state index contributed by atoms with van der Waals surface area (Å²) in [5.74, 6) is 2.70. The van der Waals surface area contributed by atoms with Crippen LogP contribution in [0.2, 0.25) is 0 Å². The molecule has 3 unspecified atom stereocenters. The summed E-state index contributed by atoms with van der Waals surface area (Å²) in [5, 5.41) is 3.24. The van der Waals surface area contributed by atoms with Crippen molar-refractivity contribution in [1.29, 1.82) is 0 Å². The summed E-state index contributed by atoms with van der Waals surface area (Å²) in [4.78, 5) is 12.0. The summed E-state index contributed by atoms with van der Waals surface area (Å²) in [7, 11) is 0. The van der Waals surface area contributed by atoms with Crippen molar-refractivity contribution in [1.82, 2.24) is 5.32 Å². The van der Waals surface area contributed by atoms with Crippen LogP contribution in [0.5, 0.6) is 0 Å². The first-order valence-corrected chi connectivity index (χ1v) is 7.96. The monoisotopic (exact) mass is 257 g/mol. The molecule has 2 rings (SSSR count). The van der Waals surface area contributed by atoms with E-state index in [2.05, 4.69) is 12.2 Å². The number of rotatable bonds is 3. The lowest BCUT2D eigenvalue weighted by Crippen LogP contribution is -2.45. The van der Waals surface area contributed by atoms with E-state index in [1.54, 1.807) is 0 Å². The number of hydrogen-bond acceptors (Lipinski definition) is 4. The Morgan fingerprint density at radius 3 is 3.06 bits per heavy atom. The third-order valence-corrected chi connectivity index (χ3v) is 4.86. The van der Waals surface area contributed by atoms with Crippen LogP contribution in [-0.4, -0.2) is 36.2 Å². The first-order chi connectivity index (χ1) is 8.29. The van der Waals surface area contributed by atoms with Gasteiger partial charge < -0.3 is 10.1 Å². The van der Waals surface area contributed by atoms with E-state index >= 15 is 0 Å². The topological polar surface area (TPSA) is 38.3 Å². The molecule has 3 atom stereocenters. The zero-order valence-electron chi connectivity index (χ0n) is 10.6. The van der Waals surface area contributed by atoms with Gasteiger partial charge in [0.15, 0.2) is 0 Å². The van der Waals surface area contributed by atoms with Crippen LogP contribution in [0.15, 0.2) is 0 Å². The van der Waals surface area contributed by atoms with E-state index in [1.165, 1.54) is 19.3 Å². The Labute approximate surface area is 108 Å². The van der Waals surface area contributed by atoms with Crippen LogP contribution >= 0.6 is 11.8 Å². The minimum Gasteiger partial charge on any atom is -0.461 e. The van der Waals surface area contributed by atoms with Gasteiger partial charge in [-0.15, -0.1) is 0 Å². The van der Waals surface area contributed by atoms with E-state index in [0.29, 0.717) is 0 Å². The fourth-order valence-corrected chi connectivity index (χ4v) is 3.60. The van der Waals surface area contributed by atoms with Crippen LogP contribution in [-0.2, 0) is 9.53 Å². The van der Waals surface area contributed by atoms with E-state index in [-0.39, 0.29) is 18.1 Å². The van der Waals surface area contributed by atoms with E-state index in [4.69, 9.17) is 4.74 Å². The highest BCUT2D eigenvalue weighted by atomic mass is 32.2. The molecule has 2 fully saturated rings. The third kappa shape index (κ3) is 3.88. The minimum absolute atomic E-state index is 0.0287. The van der Waals surface area contributed by atoms with Gasteiger partial charge in [-0.3, -0.25) is 4.79 Å². The van der Waals surface area contributed by atoms with Gasteiger partial charge in [-0.25, -0.2) is 0 Å². The first kappa shape index (κ1) is 13.2. The number of nitrogens with one attached hydrogen (secondary N) is 1. The Morgan fingerprint density at radius 2 is 2.35 bits per heavy atom. The summed E-state index contributed by atoms with van der Waals surface area (Å²) in [6.07, 6.45) is 6.04. The van der Waals surface area contributed by atoms with Gasteiger partial charge >= 0.3 is 5.97 Å². The maximum atomic E-state index is 12.0. The van der Waals surface area contributed by atoms with Gasteiger partial charge in [0.05, 0.1) is 0 Å². The smallest absolute Gasteiger partial charge is 0.324 e. The van der Waals surface area contributed by atoms with Crippen LogP contribution in [0.25, 0.3) is 0 Å². The first-order valence-electron chi connectivity index (χ1n) is 6.81. The van der Waals surface area contributed by atoms with Gasteiger partial charge in [-0.1, -0.05) is 19.8 Å². The predicted octanol–water partition coefficient (Wildman–Crippen LogP) is 2.20. The summed E-state index contributed by atoms with van der Waals surface area (Å²) < 4.78 is 5.65. The zero-order valence-corrected chi connectivity index (χ0v) is 11.4. The van der Waals surface area contributed by atoms with Crippen molar-refractivity contribution in [2.24, 2.45) is 5.92 Å². The molecule has 17 heavy (non-hydrogen) atoms. The molecular weight excluding hydrogens is 234 g/mol. The quantitative estimate of drug-likeness (QED) is 0.787. The summed E-state index contributed by atoms with van der Waals surface area (Å²) >= 11 is 1.84. The van der Waals surface area contributed by atoms with Crippen molar-refractivity contribution >= 4 is 17.7 Å². The lowest BCUT2D eigenvalue weighted by molar-refractivity contribution is -0.153. The average Bonchev–Trinajstić information content (AvgIpc) is 2.40. The van der Waals surface area contributed by atoms with Gasteiger partial charge in [0.1, 0.15) is 12.1 Å². The molecule has 4 heteroatoms. The SMILES string of the molecule is CCC1CCCC(OC(=O)C2CSCCN2)C1. The van der Waals surface area contributed by atoms with Crippen LogP contribution in [0.4, 0.5) is 0 Å². The second kappa shape index (κ2) is 6.64. The van der Waals surface area contributed by atoms with Crippen molar-refractivity contribution in [2.45, 2.75) is 51.2 Å². The van der Waals surface area contributed by atoms with E-state index < -0.39 is 0 Å². The van der Waals surface area contributed by atoms with E-state index in [1.807, 2.05) is 11.8 Å². The summed E-state index contributed by atoms with van der Waals surface area (Å²) in [5.41, 5.74) is 0. The van der Waals surface area contributed by atoms with Crippen LogP contribution in [0.3, 0.4) is 0 Å². The zero-order chi connectivity index (χ0) is 12.1. The van der Waals surface area contributed by atoms with Gasteiger partial charge in [0, 0.05) is 18.1 Å². The normalized spacial score (nSPS) is 34.3. The molecule has 0 bridgehead atoms. The number of hydrogen-bond donors (Lipinski definition) is 1. The van der Waals surface area contributed by atoms with Crippen LogP contribution in [0.1, 0.15) is 39.0 Å². The molecule has 98 valence electrons. The van der Waals surface area contributed by atoms with Crippen molar-refractivity contribution in [3.05, 3.63) is 0 Å². The Morgan fingerprint density at radius 1 is 1.47 bits per heavy atom. The predicted molar refractivity (Wildman–Crippen MR) is 71.2 cm³/mol. The second-order valence-corrected chi connectivity index (χ2v) is 6.23. The molecule has 1 N–H and O–H groups in total. The molecule has 0 aromatic rings.